The summed E-state index contributed by atoms with van der Waals surface area (Å²) in [6.07, 6.45) is 0. The van der Waals surface area contributed by atoms with Crippen molar-refractivity contribution in [3.63, 3.8) is 0 Å². The molecule has 0 spiro atoms. The molecule has 5 nitrogen and oxygen atoms in total. The van der Waals surface area contributed by atoms with Gasteiger partial charge < -0.3 is 21.1 Å². The molecule has 1 aliphatic heterocycles. The highest BCUT2D eigenvalue weighted by Crippen LogP contribution is 2.33. The summed E-state index contributed by atoms with van der Waals surface area (Å²) >= 11 is 11.3. The molecule has 128 valence electrons. The first-order valence-electron chi connectivity index (χ1n) is 7.59. The Morgan fingerprint density at radius 1 is 1.20 bits per heavy atom. The number of thiocarbonyl (C=S) groups is 1. The largest absolute Gasteiger partial charge is 0.508 e. The van der Waals surface area contributed by atoms with E-state index in [1.54, 1.807) is 55.5 Å². The van der Waals surface area contributed by atoms with Gasteiger partial charge in [-0.25, -0.2) is 0 Å². The summed E-state index contributed by atoms with van der Waals surface area (Å²) in [4.78, 5) is 12.9. The second-order valence-electron chi connectivity index (χ2n) is 5.56. The first-order chi connectivity index (χ1) is 12.0. The molecular formula is C18H16ClN3O2S. The number of nitrogens with one attached hydrogen (secondary N) is 3. The van der Waals surface area contributed by atoms with Crippen LogP contribution in [-0.4, -0.2) is 16.1 Å². The molecule has 0 fully saturated rings. The quantitative estimate of drug-likeness (QED) is 0.620. The maximum atomic E-state index is 12.9. The molecule has 1 unspecified atom stereocenters. The van der Waals surface area contributed by atoms with Crippen molar-refractivity contribution in [2.45, 2.75) is 13.0 Å². The van der Waals surface area contributed by atoms with E-state index in [-0.39, 0.29) is 11.7 Å². The minimum atomic E-state index is -0.572. The minimum absolute atomic E-state index is 0.0838. The molecule has 2 aromatic rings. The van der Waals surface area contributed by atoms with E-state index in [4.69, 9.17) is 23.8 Å². The van der Waals surface area contributed by atoms with Crippen molar-refractivity contribution < 1.29 is 9.90 Å². The Labute approximate surface area is 155 Å². The lowest BCUT2D eigenvalue weighted by atomic mass is 9.94. The Kier molecular flexibility index (Phi) is 4.92. The van der Waals surface area contributed by atoms with E-state index in [1.165, 1.54) is 0 Å². The number of anilines is 1. The molecule has 1 atom stereocenters. The maximum Gasteiger partial charge on any atom is 0.255 e. The predicted molar refractivity (Wildman–Crippen MR) is 102 cm³/mol. The lowest BCUT2D eigenvalue weighted by molar-refractivity contribution is -0.113. The monoisotopic (exact) mass is 373 g/mol. The zero-order valence-corrected chi connectivity index (χ0v) is 14.9. The molecule has 1 aliphatic rings. The summed E-state index contributed by atoms with van der Waals surface area (Å²) < 4.78 is 0. The Hall–Kier alpha value is -2.57. The van der Waals surface area contributed by atoms with Crippen molar-refractivity contribution in [1.82, 2.24) is 10.6 Å². The Morgan fingerprint density at radius 3 is 2.60 bits per heavy atom. The van der Waals surface area contributed by atoms with Crippen molar-refractivity contribution in [1.29, 1.82) is 0 Å². The van der Waals surface area contributed by atoms with E-state index in [0.29, 0.717) is 32.7 Å². The average Bonchev–Trinajstić information content (AvgIpc) is 2.56. The second kappa shape index (κ2) is 7.13. The number of aromatic hydroxyl groups is 1. The van der Waals surface area contributed by atoms with E-state index >= 15 is 0 Å². The zero-order chi connectivity index (χ0) is 18.0. The average molecular weight is 374 g/mol. The number of phenols is 1. The van der Waals surface area contributed by atoms with Crippen molar-refractivity contribution in [3.8, 4) is 5.75 Å². The van der Waals surface area contributed by atoms with Gasteiger partial charge in [-0.2, -0.15) is 0 Å². The van der Waals surface area contributed by atoms with Gasteiger partial charge in [-0.15, -0.1) is 0 Å². The highest BCUT2D eigenvalue weighted by atomic mass is 35.5. The number of allylic oxidation sites excluding steroid dienone is 1. The van der Waals surface area contributed by atoms with E-state index in [1.807, 2.05) is 0 Å². The van der Waals surface area contributed by atoms with Crippen LogP contribution in [0.2, 0.25) is 5.02 Å². The number of halogens is 1. The molecule has 0 saturated carbocycles. The number of phenolic OH excluding ortho intramolecular Hbond substituents is 1. The molecule has 7 heteroatoms. The molecule has 4 N–H and O–H groups in total. The summed E-state index contributed by atoms with van der Waals surface area (Å²) in [5, 5.41) is 19.8. The standard InChI is InChI=1S/C18H16ClN3O2S/c1-10-15(17(24)21-13-8-4-3-7-12(13)19)16(22-18(25)20-10)11-6-2-5-9-14(11)23/h2-9,16,23H,1H3,(H,21,24)(H2,20,22,25). The number of carbonyl (C=O) groups excluding carboxylic acids is 1. The fourth-order valence-corrected chi connectivity index (χ4v) is 3.17. The molecule has 0 radical (unpaired) electrons. The number of para-hydroxylation sites is 2. The van der Waals surface area contributed by atoms with Gasteiger partial charge >= 0.3 is 0 Å². The number of hydrogen-bond donors (Lipinski definition) is 4. The molecule has 0 aromatic heterocycles. The second-order valence-corrected chi connectivity index (χ2v) is 6.38. The number of amides is 1. The molecule has 0 bridgehead atoms. The SMILES string of the molecule is CC1=C(C(=O)Nc2ccccc2Cl)C(c2ccccc2O)NC(=S)N1. The lowest BCUT2D eigenvalue weighted by Gasteiger charge is -2.30. The molecule has 1 heterocycles. The summed E-state index contributed by atoms with van der Waals surface area (Å²) in [6, 6.07) is 13.3. The maximum absolute atomic E-state index is 12.9. The Bertz CT molecular complexity index is 882. The Balaban J connectivity index is 1.99. The molecular weight excluding hydrogens is 358 g/mol. The third-order valence-corrected chi connectivity index (χ3v) is 4.43. The van der Waals surface area contributed by atoms with Gasteiger partial charge in [0.15, 0.2) is 5.11 Å². The number of carbonyl (C=O) groups is 1. The first-order valence-corrected chi connectivity index (χ1v) is 8.38. The van der Waals surface area contributed by atoms with Gasteiger partial charge in [0.1, 0.15) is 5.75 Å². The molecule has 25 heavy (non-hydrogen) atoms. The van der Waals surface area contributed by atoms with Crippen LogP contribution < -0.4 is 16.0 Å². The van der Waals surface area contributed by atoms with Crippen LogP contribution in [0, 0.1) is 0 Å². The topological polar surface area (TPSA) is 73.4 Å². The van der Waals surface area contributed by atoms with Gasteiger partial charge in [0.05, 0.1) is 22.3 Å². The normalized spacial score (nSPS) is 16.9. The van der Waals surface area contributed by atoms with Gasteiger partial charge in [-0.1, -0.05) is 41.9 Å². The summed E-state index contributed by atoms with van der Waals surface area (Å²) in [7, 11) is 0. The van der Waals surface area contributed by atoms with Crippen LogP contribution in [-0.2, 0) is 4.79 Å². The highest BCUT2D eigenvalue weighted by Gasteiger charge is 2.31. The van der Waals surface area contributed by atoms with Gasteiger partial charge in [0.25, 0.3) is 5.91 Å². The van der Waals surface area contributed by atoms with Crippen LogP contribution in [0.4, 0.5) is 5.69 Å². The minimum Gasteiger partial charge on any atom is -0.508 e. The number of rotatable bonds is 3. The zero-order valence-electron chi connectivity index (χ0n) is 13.3. The molecule has 0 aliphatic carbocycles. The van der Waals surface area contributed by atoms with Crippen molar-refractivity contribution in [3.05, 3.63) is 70.4 Å². The van der Waals surface area contributed by atoms with Gasteiger partial charge in [-0.05, 0) is 37.3 Å². The third-order valence-electron chi connectivity index (χ3n) is 3.88. The van der Waals surface area contributed by atoms with Gasteiger partial charge in [0, 0.05) is 11.3 Å². The van der Waals surface area contributed by atoms with E-state index in [0.717, 1.165) is 0 Å². The fraction of sp³-hybridized carbons (Fsp3) is 0.111. The van der Waals surface area contributed by atoms with E-state index in [9.17, 15) is 9.90 Å². The van der Waals surface area contributed by atoms with Crippen molar-refractivity contribution in [2.75, 3.05) is 5.32 Å². The van der Waals surface area contributed by atoms with E-state index < -0.39 is 6.04 Å². The van der Waals surface area contributed by atoms with Gasteiger partial charge in [-0.3, -0.25) is 4.79 Å². The van der Waals surface area contributed by atoms with Crippen LogP contribution in [0.3, 0.4) is 0 Å². The predicted octanol–water partition coefficient (Wildman–Crippen LogP) is 3.48. The van der Waals surface area contributed by atoms with Crippen LogP contribution in [0.25, 0.3) is 0 Å². The summed E-state index contributed by atoms with van der Waals surface area (Å²) in [6.45, 7) is 1.77. The first kappa shape index (κ1) is 17.3. The molecule has 3 rings (SSSR count). The highest BCUT2D eigenvalue weighted by molar-refractivity contribution is 7.80. The number of hydrogen-bond acceptors (Lipinski definition) is 3. The van der Waals surface area contributed by atoms with E-state index in [2.05, 4.69) is 16.0 Å². The molecule has 2 aromatic carbocycles. The van der Waals surface area contributed by atoms with Crippen LogP contribution in [0.1, 0.15) is 18.5 Å². The molecule has 0 saturated heterocycles. The Morgan fingerprint density at radius 2 is 1.88 bits per heavy atom. The van der Waals surface area contributed by atoms with Gasteiger partial charge in [0.2, 0.25) is 0 Å². The number of benzene rings is 2. The van der Waals surface area contributed by atoms with Crippen molar-refractivity contribution >= 4 is 40.5 Å². The smallest absolute Gasteiger partial charge is 0.255 e. The molecule has 1 amide bonds. The lowest BCUT2D eigenvalue weighted by Crippen LogP contribution is -2.45. The van der Waals surface area contributed by atoms with Crippen molar-refractivity contribution in [2.24, 2.45) is 0 Å². The van der Waals surface area contributed by atoms with Crippen LogP contribution in [0.5, 0.6) is 5.75 Å². The fourth-order valence-electron chi connectivity index (χ4n) is 2.71. The van der Waals surface area contributed by atoms with Crippen LogP contribution >= 0.6 is 23.8 Å². The third kappa shape index (κ3) is 3.60. The summed E-state index contributed by atoms with van der Waals surface area (Å²) in [5.74, 6) is -0.248. The summed E-state index contributed by atoms with van der Waals surface area (Å²) in [5.41, 5.74) is 2.12. The van der Waals surface area contributed by atoms with Crippen LogP contribution in [0.15, 0.2) is 59.8 Å².